The highest BCUT2D eigenvalue weighted by Gasteiger charge is 2.22. The summed E-state index contributed by atoms with van der Waals surface area (Å²) in [6, 6.07) is 0. The maximum atomic E-state index is 12.1. The van der Waals surface area contributed by atoms with Crippen LogP contribution < -0.4 is 5.32 Å². The second-order valence-corrected chi connectivity index (χ2v) is 6.18. The molecule has 0 aromatic carbocycles. The van der Waals surface area contributed by atoms with Crippen LogP contribution in [0.15, 0.2) is 0 Å². The van der Waals surface area contributed by atoms with Gasteiger partial charge in [-0.05, 0) is 32.7 Å². The van der Waals surface area contributed by atoms with E-state index >= 15 is 0 Å². The minimum Gasteiger partial charge on any atom is -0.396 e. The summed E-state index contributed by atoms with van der Waals surface area (Å²) < 4.78 is 22.4. The van der Waals surface area contributed by atoms with Crippen LogP contribution in [-0.4, -0.2) is 44.2 Å². The van der Waals surface area contributed by atoms with Gasteiger partial charge in [0, 0.05) is 13.2 Å². The van der Waals surface area contributed by atoms with Crippen molar-refractivity contribution in [2.24, 2.45) is 5.92 Å². The Hall–Kier alpha value is 0.0700. The first kappa shape index (κ1) is 17.1. The van der Waals surface area contributed by atoms with E-state index in [2.05, 4.69) is 12.2 Å². The van der Waals surface area contributed by atoms with Crippen LogP contribution in [0.2, 0.25) is 0 Å². The van der Waals surface area contributed by atoms with Crippen LogP contribution in [-0.2, 0) is 13.6 Å². The van der Waals surface area contributed by atoms with E-state index in [-0.39, 0.29) is 6.61 Å². The molecule has 2 N–H and O–H groups in total. The molecule has 0 fully saturated rings. The number of aliphatic hydroxyl groups excluding tert-OH is 1. The molecule has 0 aliphatic heterocycles. The molecular weight excluding hydrogens is 241 g/mol. The first-order valence-electron chi connectivity index (χ1n) is 6.27. The highest BCUT2D eigenvalue weighted by Crippen LogP contribution is 2.47. The van der Waals surface area contributed by atoms with Gasteiger partial charge < -0.3 is 19.5 Å². The quantitative estimate of drug-likeness (QED) is 0.442. The summed E-state index contributed by atoms with van der Waals surface area (Å²) in [5.74, 6) is 0.415. The minimum absolute atomic E-state index is 0.208. The summed E-state index contributed by atoms with van der Waals surface area (Å²) in [4.78, 5) is 0. The highest BCUT2D eigenvalue weighted by molar-refractivity contribution is 7.53. The Morgan fingerprint density at radius 1 is 1.29 bits per heavy atom. The average molecular weight is 267 g/mol. The molecule has 0 heterocycles. The molecule has 0 rings (SSSR count). The molecule has 0 aromatic heterocycles. The summed E-state index contributed by atoms with van der Waals surface area (Å²) in [6.45, 7) is 8.10. The van der Waals surface area contributed by atoms with Gasteiger partial charge in [-0.25, -0.2) is 0 Å². The molecule has 0 amide bonds. The molecular formula is C11H26NO4P. The van der Waals surface area contributed by atoms with Crippen LogP contribution in [0.1, 0.15) is 27.2 Å². The standard InChI is InChI=1S/C11H26NO4P/c1-4-15-17(14,16-5-2)9-7-12-10-11(3)6-8-13/h11-13H,4-10H2,1-3H3. The van der Waals surface area contributed by atoms with E-state index in [0.717, 1.165) is 13.0 Å². The van der Waals surface area contributed by atoms with Crippen LogP contribution in [0.3, 0.4) is 0 Å². The van der Waals surface area contributed by atoms with E-state index in [0.29, 0.717) is 31.8 Å². The molecule has 6 heteroatoms. The third-order valence-electron chi connectivity index (χ3n) is 2.33. The summed E-state index contributed by atoms with van der Waals surface area (Å²) >= 11 is 0. The topological polar surface area (TPSA) is 67.8 Å². The van der Waals surface area contributed by atoms with E-state index < -0.39 is 7.60 Å². The van der Waals surface area contributed by atoms with Crippen molar-refractivity contribution in [2.45, 2.75) is 27.2 Å². The molecule has 0 saturated carbocycles. The summed E-state index contributed by atoms with van der Waals surface area (Å²) in [7, 11) is -2.91. The number of nitrogens with one attached hydrogen (secondary N) is 1. The number of hydrogen-bond donors (Lipinski definition) is 2. The Balaban J connectivity index is 3.78. The Morgan fingerprint density at radius 3 is 2.35 bits per heavy atom. The summed E-state index contributed by atoms with van der Waals surface area (Å²) in [5.41, 5.74) is 0. The second kappa shape index (κ2) is 10.0. The molecule has 0 bridgehead atoms. The first-order chi connectivity index (χ1) is 8.08. The van der Waals surface area contributed by atoms with Gasteiger partial charge >= 0.3 is 7.60 Å². The lowest BCUT2D eigenvalue weighted by atomic mass is 10.1. The van der Waals surface area contributed by atoms with Crippen molar-refractivity contribution in [3.05, 3.63) is 0 Å². The van der Waals surface area contributed by atoms with Crippen molar-refractivity contribution in [3.8, 4) is 0 Å². The van der Waals surface area contributed by atoms with Gasteiger partial charge in [-0.3, -0.25) is 4.57 Å². The van der Waals surface area contributed by atoms with E-state index in [1.807, 2.05) is 13.8 Å². The van der Waals surface area contributed by atoms with Crippen LogP contribution in [0.5, 0.6) is 0 Å². The van der Waals surface area contributed by atoms with Crippen LogP contribution in [0, 0.1) is 5.92 Å². The summed E-state index contributed by atoms with van der Waals surface area (Å²) in [6.07, 6.45) is 1.17. The Bertz CT molecular complexity index is 216. The third-order valence-corrected chi connectivity index (χ3v) is 4.40. The van der Waals surface area contributed by atoms with Crippen LogP contribution in [0.25, 0.3) is 0 Å². The molecule has 17 heavy (non-hydrogen) atoms. The lowest BCUT2D eigenvalue weighted by Gasteiger charge is -2.17. The van der Waals surface area contributed by atoms with Gasteiger partial charge in [0.15, 0.2) is 0 Å². The number of hydrogen-bond acceptors (Lipinski definition) is 5. The van der Waals surface area contributed by atoms with E-state index in [1.54, 1.807) is 0 Å². The zero-order chi connectivity index (χ0) is 13.1. The smallest absolute Gasteiger partial charge is 0.331 e. The number of aliphatic hydroxyl groups is 1. The first-order valence-corrected chi connectivity index (χ1v) is 8.00. The van der Waals surface area contributed by atoms with Crippen molar-refractivity contribution in [2.75, 3.05) is 39.1 Å². The highest BCUT2D eigenvalue weighted by atomic mass is 31.2. The van der Waals surface area contributed by atoms with Crippen LogP contribution >= 0.6 is 7.60 Å². The van der Waals surface area contributed by atoms with Gasteiger partial charge in [0.05, 0.1) is 19.4 Å². The van der Waals surface area contributed by atoms with Crippen LogP contribution in [0.4, 0.5) is 0 Å². The van der Waals surface area contributed by atoms with Gasteiger partial charge in [0.1, 0.15) is 0 Å². The molecule has 5 nitrogen and oxygen atoms in total. The molecule has 0 saturated heterocycles. The molecule has 1 unspecified atom stereocenters. The molecule has 104 valence electrons. The summed E-state index contributed by atoms with van der Waals surface area (Å²) in [5, 5.41) is 11.9. The molecule has 1 atom stereocenters. The predicted molar refractivity (Wildman–Crippen MR) is 69.5 cm³/mol. The molecule has 0 aliphatic carbocycles. The monoisotopic (exact) mass is 267 g/mol. The fraction of sp³-hybridized carbons (Fsp3) is 1.00. The van der Waals surface area contributed by atoms with E-state index in [1.165, 1.54) is 0 Å². The number of rotatable bonds is 11. The molecule has 0 aromatic rings. The van der Waals surface area contributed by atoms with Gasteiger partial charge in [-0.2, -0.15) is 0 Å². The Labute approximate surface area is 104 Å². The zero-order valence-corrected chi connectivity index (χ0v) is 12.0. The largest absolute Gasteiger partial charge is 0.396 e. The van der Waals surface area contributed by atoms with Gasteiger partial charge in [-0.1, -0.05) is 6.92 Å². The lowest BCUT2D eigenvalue weighted by Crippen LogP contribution is -2.25. The second-order valence-electron chi connectivity index (χ2n) is 3.99. The fourth-order valence-corrected chi connectivity index (χ4v) is 3.00. The van der Waals surface area contributed by atoms with Crippen molar-refractivity contribution >= 4 is 7.60 Å². The van der Waals surface area contributed by atoms with Gasteiger partial charge in [0.25, 0.3) is 0 Å². The minimum atomic E-state index is -2.91. The lowest BCUT2D eigenvalue weighted by molar-refractivity contribution is 0.219. The maximum Gasteiger partial charge on any atom is 0.331 e. The van der Waals surface area contributed by atoms with Gasteiger partial charge in [0.2, 0.25) is 0 Å². The average Bonchev–Trinajstić information content (AvgIpc) is 2.26. The predicted octanol–water partition coefficient (Wildman–Crippen LogP) is 1.86. The van der Waals surface area contributed by atoms with Crippen molar-refractivity contribution < 1.29 is 18.7 Å². The van der Waals surface area contributed by atoms with Crippen molar-refractivity contribution in [3.63, 3.8) is 0 Å². The normalized spacial score (nSPS) is 13.9. The molecule has 0 aliphatic rings. The zero-order valence-electron chi connectivity index (χ0n) is 11.1. The molecule has 0 radical (unpaired) electrons. The molecule has 0 spiro atoms. The Morgan fingerprint density at radius 2 is 1.88 bits per heavy atom. The van der Waals surface area contributed by atoms with Gasteiger partial charge in [-0.15, -0.1) is 0 Å². The fourth-order valence-electron chi connectivity index (χ4n) is 1.45. The SMILES string of the molecule is CCOP(=O)(CCNCC(C)CCO)OCC. The van der Waals surface area contributed by atoms with Crippen molar-refractivity contribution in [1.29, 1.82) is 0 Å². The van der Waals surface area contributed by atoms with E-state index in [9.17, 15) is 4.57 Å². The maximum absolute atomic E-state index is 12.1. The third kappa shape index (κ3) is 8.75. The van der Waals surface area contributed by atoms with Crippen molar-refractivity contribution in [1.82, 2.24) is 5.32 Å². The Kier molecular flexibility index (Phi) is 10.1. The van der Waals surface area contributed by atoms with E-state index in [4.69, 9.17) is 14.2 Å².